The zero-order chi connectivity index (χ0) is 11.0. The van der Waals surface area contributed by atoms with Crippen LogP contribution in [0.2, 0.25) is 0 Å². The van der Waals surface area contributed by atoms with Gasteiger partial charge in [-0.05, 0) is 24.6 Å². The summed E-state index contributed by atoms with van der Waals surface area (Å²) in [5, 5.41) is 0. The number of nitrogens with zero attached hydrogens (tertiary/aromatic N) is 2. The molecule has 16 heavy (non-hydrogen) atoms. The Hall–Kier alpha value is -1.68. The number of rotatable bonds is 2. The van der Waals surface area contributed by atoms with Crippen LogP contribution >= 0.6 is 11.3 Å². The molecule has 0 atom stereocenters. The maximum absolute atomic E-state index is 4.55. The maximum Gasteiger partial charge on any atom is 0.148 e. The highest BCUT2D eigenvalue weighted by molar-refractivity contribution is 7.15. The first-order valence-corrected chi connectivity index (χ1v) is 6.07. The minimum atomic E-state index is 0.938. The summed E-state index contributed by atoms with van der Waals surface area (Å²) >= 11 is 1.79. The molecule has 1 N–H and O–H groups in total. The quantitative estimate of drug-likeness (QED) is 0.733. The van der Waals surface area contributed by atoms with E-state index in [1.165, 1.54) is 9.75 Å². The fourth-order valence-electron chi connectivity index (χ4n) is 1.67. The van der Waals surface area contributed by atoms with Crippen molar-refractivity contribution >= 4 is 22.4 Å². The van der Waals surface area contributed by atoms with Crippen molar-refractivity contribution in [1.82, 2.24) is 15.0 Å². The van der Waals surface area contributed by atoms with E-state index in [-0.39, 0.29) is 0 Å². The Morgan fingerprint density at radius 2 is 2.25 bits per heavy atom. The highest BCUT2D eigenvalue weighted by Gasteiger charge is 2.07. The Morgan fingerprint density at radius 1 is 1.31 bits per heavy atom. The smallest absolute Gasteiger partial charge is 0.148 e. The highest BCUT2D eigenvalue weighted by Crippen LogP contribution is 2.27. The van der Waals surface area contributed by atoms with Gasteiger partial charge in [-0.25, -0.2) is 4.98 Å². The van der Waals surface area contributed by atoms with Gasteiger partial charge < -0.3 is 4.98 Å². The Kier molecular flexibility index (Phi) is 2.22. The van der Waals surface area contributed by atoms with Crippen LogP contribution in [0.3, 0.4) is 0 Å². The van der Waals surface area contributed by atoms with Crippen molar-refractivity contribution in [3.63, 3.8) is 0 Å². The Morgan fingerprint density at radius 3 is 3.00 bits per heavy atom. The zero-order valence-electron chi connectivity index (χ0n) is 8.90. The van der Waals surface area contributed by atoms with Gasteiger partial charge in [0.1, 0.15) is 5.82 Å². The number of nitrogens with one attached hydrogen (secondary N) is 1. The van der Waals surface area contributed by atoms with Crippen molar-refractivity contribution in [2.45, 2.75) is 13.3 Å². The molecule has 0 aliphatic carbocycles. The summed E-state index contributed by atoms with van der Waals surface area (Å²) in [7, 11) is 0. The van der Waals surface area contributed by atoms with Gasteiger partial charge in [-0.2, -0.15) is 0 Å². The average Bonchev–Trinajstić information content (AvgIpc) is 2.95. The summed E-state index contributed by atoms with van der Waals surface area (Å²) < 4.78 is 0. The second-order valence-electron chi connectivity index (χ2n) is 3.60. The molecular weight excluding hydrogens is 218 g/mol. The van der Waals surface area contributed by atoms with Crippen molar-refractivity contribution in [3.8, 4) is 10.7 Å². The molecule has 3 heterocycles. The summed E-state index contributed by atoms with van der Waals surface area (Å²) in [6.07, 6.45) is 4.64. The molecule has 0 bridgehead atoms. The molecule has 0 aliphatic rings. The van der Waals surface area contributed by atoms with Crippen LogP contribution in [0.15, 0.2) is 30.6 Å². The van der Waals surface area contributed by atoms with Crippen LogP contribution in [0.25, 0.3) is 21.7 Å². The van der Waals surface area contributed by atoms with Gasteiger partial charge in [-0.15, -0.1) is 11.3 Å². The van der Waals surface area contributed by atoms with E-state index < -0.39 is 0 Å². The number of hydrogen-bond donors (Lipinski definition) is 1. The van der Waals surface area contributed by atoms with Crippen LogP contribution in [0.1, 0.15) is 11.8 Å². The monoisotopic (exact) mass is 229 g/mol. The number of aromatic nitrogens is 3. The topological polar surface area (TPSA) is 41.6 Å². The SMILES string of the molecule is CCc1ccc(-c2nc3ccncc3[nH]2)s1. The van der Waals surface area contributed by atoms with Gasteiger partial charge in [-0.1, -0.05) is 6.92 Å². The lowest BCUT2D eigenvalue weighted by Gasteiger charge is -1.88. The van der Waals surface area contributed by atoms with Crippen molar-refractivity contribution < 1.29 is 0 Å². The molecule has 0 saturated heterocycles. The fourth-order valence-corrected chi connectivity index (χ4v) is 2.56. The molecular formula is C12H11N3S. The zero-order valence-corrected chi connectivity index (χ0v) is 9.71. The van der Waals surface area contributed by atoms with Gasteiger partial charge in [0.05, 0.1) is 22.1 Å². The van der Waals surface area contributed by atoms with Gasteiger partial charge in [0.25, 0.3) is 0 Å². The van der Waals surface area contributed by atoms with Gasteiger partial charge in [0.2, 0.25) is 0 Å². The van der Waals surface area contributed by atoms with Crippen LogP contribution < -0.4 is 0 Å². The third-order valence-electron chi connectivity index (χ3n) is 2.53. The fraction of sp³-hybridized carbons (Fsp3) is 0.167. The average molecular weight is 229 g/mol. The Balaban J connectivity index is 2.11. The third kappa shape index (κ3) is 1.51. The van der Waals surface area contributed by atoms with Crippen molar-refractivity contribution in [3.05, 3.63) is 35.5 Å². The van der Waals surface area contributed by atoms with Crippen LogP contribution in [0.4, 0.5) is 0 Å². The van der Waals surface area contributed by atoms with Gasteiger partial charge >= 0.3 is 0 Å². The molecule has 0 aromatic carbocycles. The van der Waals surface area contributed by atoms with Gasteiger partial charge in [-0.3, -0.25) is 4.98 Å². The summed E-state index contributed by atoms with van der Waals surface area (Å²) in [6, 6.07) is 6.20. The lowest BCUT2D eigenvalue weighted by atomic mass is 10.3. The first kappa shape index (κ1) is 9.54. The number of fused-ring (bicyclic) bond motifs is 1. The van der Waals surface area contributed by atoms with Crippen LogP contribution in [0.5, 0.6) is 0 Å². The number of pyridine rings is 1. The van der Waals surface area contributed by atoms with E-state index in [0.29, 0.717) is 0 Å². The normalized spacial score (nSPS) is 11.1. The van der Waals surface area contributed by atoms with E-state index in [1.807, 2.05) is 6.07 Å². The predicted molar refractivity (Wildman–Crippen MR) is 66.6 cm³/mol. The van der Waals surface area contributed by atoms with Gasteiger partial charge in [0, 0.05) is 11.1 Å². The number of aromatic amines is 1. The first-order valence-electron chi connectivity index (χ1n) is 5.25. The standard InChI is InChI=1S/C12H11N3S/c1-2-8-3-4-11(16-8)12-14-9-5-6-13-7-10(9)15-12/h3-7H,2H2,1H3,(H,14,15). The van der Waals surface area contributed by atoms with E-state index >= 15 is 0 Å². The van der Waals surface area contributed by atoms with E-state index in [0.717, 1.165) is 23.3 Å². The first-order chi connectivity index (χ1) is 7.86. The molecule has 0 fully saturated rings. The molecule has 0 amide bonds. The van der Waals surface area contributed by atoms with E-state index in [1.54, 1.807) is 23.7 Å². The number of H-pyrrole nitrogens is 1. The summed E-state index contributed by atoms with van der Waals surface area (Å²) in [4.78, 5) is 14.5. The second kappa shape index (κ2) is 3.72. The summed E-state index contributed by atoms with van der Waals surface area (Å²) in [6.45, 7) is 2.16. The largest absolute Gasteiger partial charge is 0.336 e. The van der Waals surface area contributed by atoms with Crippen molar-refractivity contribution in [1.29, 1.82) is 0 Å². The molecule has 0 aliphatic heterocycles. The van der Waals surface area contributed by atoms with Crippen LogP contribution in [-0.4, -0.2) is 15.0 Å². The summed E-state index contributed by atoms with van der Waals surface area (Å²) in [5.41, 5.74) is 1.96. The number of hydrogen-bond acceptors (Lipinski definition) is 3. The molecule has 4 heteroatoms. The van der Waals surface area contributed by atoms with E-state index in [4.69, 9.17) is 0 Å². The van der Waals surface area contributed by atoms with Crippen LogP contribution in [0, 0.1) is 0 Å². The minimum absolute atomic E-state index is 0.938. The molecule has 3 aromatic heterocycles. The molecule has 0 spiro atoms. The third-order valence-corrected chi connectivity index (χ3v) is 3.76. The number of aryl methyl sites for hydroxylation is 1. The lowest BCUT2D eigenvalue weighted by molar-refractivity contribution is 1.19. The molecule has 0 saturated carbocycles. The van der Waals surface area contributed by atoms with Crippen molar-refractivity contribution in [2.75, 3.05) is 0 Å². The summed E-state index contributed by atoms with van der Waals surface area (Å²) in [5.74, 6) is 0.938. The molecule has 3 aromatic rings. The lowest BCUT2D eigenvalue weighted by Crippen LogP contribution is -1.72. The van der Waals surface area contributed by atoms with E-state index in [9.17, 15) is 0 Å². The van der Waals surface area contributed by atoms with Crippen LogP contribution in [-0.2, 0) is 6.42 Å². The van der Waals surface area contributed by atoms with E-state index in [2.05, 4.69) is 34.0 Å². The highest BCUT2D eigenvalue weighted by atomic mass is 32.1. The number of thiophene rings is 1. The molecule has 0 radical (unpaired) electrons. The Labute approximate surface area is 97.2 Å². The molecule has 80 valence electrons. The molecule has 0 unspecified atom stereocenters. The maximum atomic E-state index is 4.55. The molecule has 3 rings (SSSR count). The minimum Gasteiger partial charge on any atom is -0.336 e. The Bertz CT molecular complexity index is 591. The molecule has 3 nitrogen and oxygen atoms in total. The predicted octanol–water partition coefficient (Wildman–Crippen LogP) is 3.25. The van der Waals surface area contributed by atoms with Crippen molar-refractivity contribution in [2.24, 2.45) is 0 Å². The van der Waals surface area contributed by atoms with Gasteiger partial charge in [0.15, 0.2) is 0 Å². The number of imidazole rings is 1. The second-order valence-corrected chi connectivity index (χ2v) is 4.77.